The van der Waals surface area contributed by atoms with Crippen LogP contribution in [0.15, 0.2) is 41.6 Å². The molecule has 2 aliphatic rings. The van der Waals surface area contributed by atoms with E-state index in [1.54, 1.807) is 0 Å². The summed E-state index contributed by atoms with van der Waals surface area (Å²) >= 11 is 0. The lowest BCUT2D eigenvalue weighted by atomic mass is 9.76. The summed E-state index contributed by atoms with van der Waals surface area (Å²) in [6.45, 7) is 5.15. The number of nitrogens with one attached hydrogen (secondary N) is 1. The summed E-state index contributed by atoms with van der Waals surface area (Å²) in [5.41, 5.74) is 1.47. The fourth-order valence-corrected chi connectivity index (χ4v) is 4.49. The molecule has 1 aromatic rings. The first-order valence-electron chi connectivity index (χ1n) is 9.88. The topological polar surface area (TPSA) is 32.3 Å². The number of hydrogen-bond acceptors (Lipinski definition) is 3. The summed E-state index contributed by atoms with van der Waals surface area (Å²) in [6.07, 6.45) is 1.67. The SMILES string of the molecule is C/C=C(\C)C(=C=O)N(Cc1ccc(C(F)(F)F)cc1)C1CCC2CC1CCN2. The molecule has 0 amide bonds. The van der Waals surface area contributed by atoms with Crippen molar-refractivity contribution < 1.29 is 18.0 Å². The molecule has 152 valence electrons. The molecule has 1 aromatic carbocycles. The van der Waals surface area contributed by atoms with E-state index in [0.29, 0.717) is 24.2 Å². The molecule has 2 fully saturated rings. The van der Waals surface area contributed by atoms with Crippen LogP contribution in [0.1, 0.15) is 50.7 Å². The van der Waals surface area contributed by atoms with Gasteiger partial charge in [-0.1, -0.05) is 18.2 Å². The molecule has 0 spiro atoms. The molecule has 0 radical (unpaired) electrons. The molecule has 3 nitrogen and oxygen atoms in total. The van der Waals surface area contributed by atoms with Crippen molar-refractivity contribution in [2.24, 2.45) is 5.92 Å². The minimum atomic E-state index is -4.35. The van der Waals surface area contributed by atoms with Crippen molar-refractivity contribution in [1.82, 2.24) is 10.2 Å². The summed E-state index contributed by atoms with van der Waals surface area (Å²) in [6, 6.07) is 5.99. The molecule has 1 saturated carbocycles. The number of carbonyl (C=O) groups excluding carboxylic acids is 1. The van der Waals surface area contributed by atoms with Gasteiger partial charge >= 0.3 is 6.18 Å². The molecule has 28 heavy (non-hydrogen) atoms. The van der Waals surface area contributed by atoms with Crippen molar-refractivity contribution in [3.8, 4) is 0 Å². The highest BCUT2D eigenvalue weighted by Crippen LogP contribution is 2.37. The Morgan fingerprint density at radius 2 is 1.96 bits per heavy atom. The number of halogens is 3. The second kappa shape index (κ2) is 8.54. The number of nitrogens with zero attached hydrogens (tertiary/aromatic N) is 1. The maximum Gasteiger partial charge on any atom is 0.416 e. The number of rotatable bonds is 5. The van der Waals surface area contributed by atoms with Gasteiger partial charge in [0.2, 0.25) is 0 Å². The number of alkyl halides is 3. The summed E-state index contributed by atoms with van der Waals surface area (Å²) in [4.78, 5) is 13.9. The Hall–Kier alpha value is -2.04. The third-order valence-corrected chi connectivity index (χ3v) is 6.12. The maximum atomic E-state index is 12.9. The first-order valence-corrected chi connectivity index (χ1v) is 9.88. The Bertz CT molecular complexity index is 763. The van der Waals surface area contributed by atoms with E-state index >= 15 is 0 Å². The largest absolute Gasteiger partial charge is 0.416 e. The molecule has 6 heteroatoms. The van der Waals surface area contributed by atoms with E-state index in [2.05, 4.69) is 16.2 Å². The van der Waals surface area contributed by atoms with E-state index in [-0.39, 0.29) is 6.04 Å². The summed E-state index contributed by atoms with van der Waals surface area (Å²) < 4.78 is 38.6. The van der Waals surface area contributed by atoms with Crippen LogP contribution in [0.5, 0.6) is 0 Å². The molecule has 1 aliphatic heterocycles. The van der Waals surface area contributed by atoms with E-state index in [1.807, 2.05) is 19.9 Å². The van der Waals surface area contributed by atoms with Crippen molar-refractivity contribution in [2.45, 2.75) is 64.3 Å². The molecule has 1 saturated heterocycles. The Morgan fingerprint density at radius 1 is 1.25 bits per heavy atom. The Balaban J connectivity index is 1.89. The van der Waals surface area contributed by atoms with Crippen LogP contribution in [-0.4, -0.2) is 29.5 Å². The van der Waals surface area contributed by atoms with Crippen molar-refractivity contribution >= 4 is 5.94 Å². The lowest BCUT2D eigenvalue weighted by Gasteiger charge is -2.46. The van der Waals surface area contributed by atoms with Crippen LogP contribution in [0.3, 0.4) is 0 Å². The molecular formula is C22H27F3N2O. The first-order chi connectivity index (χ1) is 13.3. The standard InChI is InChI=1S/C22H27F3N2O/c1-3-15(2)21(14-28)27(20-9-8-19-12-17(20)10-11-26-19)13-16-4-6-18(7-5-16)22(23,24)25/h3-7,17,19-20,26H,8-13H2,1-2H3/b15-3+. The van der Waals surface area contributed by atoms with Crippen molar-refractivity contribution in [1.29, 1.82) is 0 Å². The van der Waals surface area contributed by atoms with Gasteiger partial charge in [0.15, 0.2) is 5.94 Å². The number of hydrogen-bond donors (Lipinski definition) is 1. The predicted molar refractivity (Wildman–Crippen MR) is 103 cm³/mol. The van der Waals surface area contributed by atoms with Gasteiger partial charge in [-0.15, -0.1) is 0 Å². The second-order valence-corrected chi connectivity index (χ2v) is 7.83. The Labute approximate surface area is 164 Å². The van der Waals surface area contributed by atoms with Crippen molar-refractivity contribution in [3.05, 3.63) is 52.7 Å². The van der Waals surface area contributed by atoms with E-state index < -0.39 is 11.7 Å². The normalized spacial score (nSPS) is 25.2. The van der Waals surface area contributed by atoms with Gasteiger partial charge < -0.3 is 10.2 Å². The molecule has 3 unspecified atom stereocenters. The summed E-state index contributed by atoms with van der Waals surface area (Å²) in [5, 5.41) is 3.54. The van der Waals surface area contributed by atoms with Crippen LogP contribution in [-0.2, 0) is 17.5 Å². The average molecular weight is 392 g/mol. The van der Waals surface area contributed by atoms with Gasteiger partial charge in [0.05, 0.1) is 5.56 Å². The lowest BCUT2D eigenvalue weighted by Crippen LogP contribution is -2.51. The van der Waals surface area contributed by atoms with Gasteiger partial charge in [0, 0.05) is 18.6 Å². The highest BCUT2D eigenvalue weighted by Gasteiger charge is 2.37. The van der Waals surface area contributed by atoms with Crippen molar-refractivity contribution in [3.63, 3.8) is 0 Å². The minimum absolute atomic E-state index is 0.201. The Kier molecular flexibility index (Phi) is 6.31. The molecule has 3 atom stereocenters. The molecule has 2 bridgehead atoms. The highest BCUT2D eigenvalue weighted by atomic mass is 19.4. The fourth-order valence-electron chi connectivity index (χ4n) is 4.49. The quantitative estimate of drug-likeness (QED) is 0.581. The van der Waals surface area contributed by atoms with Crippen molar-refractivity contribution in [2.75, 3.05) is 6.54 Å². The average Bonchev–Trinajstić information content (AvgIpc) is 2.68. The third kappa shape index (κ3) is 4.50. The molecule has 3 rings (SSSR count). The molecule has 1 heterocycles. The third-order valence-electron chi connectivity index (χ3n) is 6.12. The minimum Gasteiger partial charge on any atom is -0.355 e. The first kappa shape index (κ1) is 20.7. The monoisotopic (exact) mass is 392 g/mol. The Morgan fingerprint density at radius 3 is 2.57 bits per heavy atom. The fraction of sp³-hybridized carbons (Fsp3) is 0.545. The van der Waals surface area contributed by atoms with Crippen LogP contribution in [0.4, 0.5) is 13.2 Å². The van der Waals surface area contributed by atoms with Crippen LogP contribution in [0.2, 0.25) is 0 Å². The van der Waals surface area contributed by atoms with E-state index in [1.165, 1.54) is 12.1 Å². The number of piperidine rings is 1. The highest BCUT2D eigenvalue weighted by molar-refractivity contribution is 5.59. The van der Waals surface area contributed by atoms with Crippen LogP contribution in [0, 0.1) is 5.92 Å². The number of fused-ring (bicyclic) bond motifs is 2. The van der Waals surface area contributed by atoms with E-state index in [0.717, 1.165) is 55.5 Å². The van der Waals surface area contributed by atoms with Crippen LogP contribution >= 0.6 is 0 Å². The number of allylic oxidation sites excluding steroid dienone is 2. The van der Waals surface area contributed by atoms with Crippen LogP contribution < -0.4 is 5.32 Å². The molecule has 1 N–H and O–H groups in total. The van der Waals surface area contributed by atoms with Crippen LogP contribution in [0.25, 0.3) is 0 Å². The zero-order valence-electron chi connectivity index (χ0n) is 16.4. The maximum absolute atomic E-state index is 12.9. The molecular weight excluding hydrogens is 365 g/mol. The van der Waals surface area contributed by atoms with E-state index in [9.17, 15) is 18.0 Å². The zero-order valence-corrected chi connectivity index (χ0v) is 16.4. The lowest BCUT2D eigenvalue weighted by molar-refractivity contribution is -0.137. The van der Waals surface area contributed by atoms with E-state index in [4.69, 9.17) is 0 Å². The van der Waals surface area contributed by atoms with Gasteiger partial charge in [0.25, 0.3) is 0 Å². The molecule has 1 aliphatic carbocycles. The predicted octanol–water partition coefficient (Wildman–Crippen LogP) is 4.72. The van der Waals surface area contributed by atoms with Gasteiger partial charge in [0.1, 0.15) is 5.70 Å². The second-order valence-electron chi connectivity index (χ2n) is 7.83. The van der Waals surface area contributed by atoms with Gasteiger partial charge in [-0.2, -0.15) is 13.2 Å². The summed E-state index contributed by atoms with van der Waals surface area (Å²) in [5.74, 6) is 2.58. The molecule has 0 aromatic heterocycles. The zero-order chi connectivity index (χ0) is 20.3. The van der Waals surface area contributed by atoms with Gasteiger partial charge in [-0.25, -0.2) is 4.79 Å². The smallest absolute Gasteiger partial charge is 0.355 e. The van der Waals surface area contributed by atoms with Gasteiger partial charge in [-0.3, -0.25) is 0 Å². The number of benzene rings is 1. The summed E-state index contributed by atoms with van der Waals surface area (Å²) in [7, 11) is 0. The van der Waals surface area contributed by atoms with Gasteiger partial charge in [-0.05, 0) is 75.3 Å².